The van der Waals surface area contributed by atoms with Crippen molar-refractivity contribution in [3.8, 4) is 0 Å². The molecule has 0 aliphatic carbocycles. The van der Waals surface area contributed by atoms with Crippen LogP contribution in [0.25, 0.3) is 0 Å². The number of nitrogens with zero attached hydrogens (tertiary/aromatic N) is 1. The summed E-state index contributed by atoms with van der Waals surface area (Å²) in [7, 11) is 0. The Morgan fingerprint density at radius 2 is 1.96 bits per heavy atom. The van der Waals surface area contributed by atoms with Gasteiger partial charge >= 0.3 is 5.97 Å². The van der Waals surface area contributed by atoms with Crippen molar-refractivity contribution in [2.75, 3.05) is 6.54 Å². The maximum atomic E-state index is 12.0. The molecule has 130 valence electrons. The SMILES string of the molecule is C=CCCC(NC(=O)CCN(Cc1ccccc1)C(C)=O)C(=O)O. The number of aliphatic carboxylic acids is 1. The van der Waals surface area contributed by atoms with Crippen molar-refractivity contribution < 1.29 is 19.5 Å². The predicted octanol–water partition coefficient (Wildman–Crippen LogP) is 1.96. The zero-order chi connectivity index (χ0) is 17.9. The van der Waals surface area contributed by atoms with E-state index in [-0.39, 0.29) is 24.8 Å². The van der Waals surface area contributed by atoms with Crippen LogP contribution in [-0.2, 0) is 20.9 Å². The van der Waals surface area contributed by atoms with Gasteiger partial charge in [-0.15, -0.1) is 6.58 Å². The van der Waals surface area contributed by atoms with E-state index in [1.807, 2.05) is 30.3 Å². The summed E-state index contributed by atoms with van der Waals surface area (Å²) < 4.78 is 0. The van der Waals surface area contributed by atoms with E-state index >= 15 is 0 Å². The predicted molar refractivity (Wildman–Crippen MR) is 91.1 cm³/mol. The molecular formula is C18H24N2O4. The Bertz CT molecular complexity index is 572. The molecule has 0 saturated heterocycles. The van der Waals surface area contributed by atoms with Gasteiger partial charge in [-0.3, -0.25) is 9.59 Å². The Labute approximate surface area is 142 Å². The Morgan fingerprint density at radius 1 is 1.29 bits per heavy atom. The number of hydrogen-bond donors (Lipinski definition) is 2. The van der Waals surface area contributed by atoms with Crippen LogP contribution in [0.5, 0.6) is 0 Å². The standard InChI is InChI=1S/C18H24N2O4/c1-3-4-10-16(18(23)24)19-17(22)11-12-20(14(2)21)13-15-8-6-5-7-9-15/h3,5-9,16H,1,4,10-13H2,2H3,(H,19,22)(H,23,24). The average Bonchev–Trinajstić information content (AvgIpc) is 2.55. The van der Waals surface area contributed by atoms with E-state index in [0.717, 1.165) is 5.56 Å². The molecule has 6 heteroatoms. The normalized spacial score (nSPS) is 11.4. The van der Waals surface area contributed by atoms with Crippen LogP contribution in [0.2, 0.25) is 0 Å². The molecule has 1 aromatic rings. The van der Waals surface area contributed by atoms with Crippen LogP contribution < -0.4 is 5.32 Å². The first-order valence-electron chi connectivity index (χ1n) is 7.86. The van der Waals surface area contributed by atoms with Crippen molar-refractivity contribution in [2.45, 2.75) is 38.8 Å². The molecule has 0 aliphatic rings. The first-order chi connectivity index (χ1) is 11.4. The second-order valence-corrected chi connectivity index (χ2v) is 5.50. The molecule has 0 fully saturated rings. The Balaban J connectivity index is 2.53. The van der Waals surface area contributed by atoms with E-state index in [1.165, 1.54) is 6.92 Å². The van der Waals surface area contributed by atoms with Gasteiger partial charge in [-0.05, 0) is 18.4 Å². The van der Waals surface area contributed by atoms with Gasteiger partial charge in [0.15, 0.2) is 0 Å². The fourth-order valence-electron chi connectivity index (χ4n) is 2.20. The molecule has 1 atom stereocenters. The molecule has 0 saturated carbocycles. The van der Waals surface area contributed by atoms with Gasteiger partial charge in [0.1, 0.15) is 6.04 Å². The second kappa shape index (κ2) is 10.2. The largest absolute Gasteiger partial charge is 0.480 e. The number of carbonyl (C=O) groups is 3. The number of rotatable bonds is 10. The quantitative estimate of drug-likeness (QED) is 0.641. The van der Waals surface area contributed by atoms with Crippen molar-refractivity contribution in [1.29, 1.82) is 0 Å². The monoisotopic (exact) mass is 332 g/mol. The highest BCUT2D eigenvalue weighted by Crippen LogP contribution is 2.06. The third-order valence-corrected chi connectivity index (χ3v) is 3.56. The van der Waals surface area contributed by atoms with Gasteiger partial charge < -0.3 is 15.3 Å². The molecular weight excluding hydrogens is 308 g/mol. The first kappa shape index (κ1) is 19.4. The van der Waals surface area contributed by atoms with Gasteiger partial charge in [0.05, 0.1) is 0 Å². The van der Waals surface area contributed by atoms with Gasteiger partial charge in [-0.1, -0.05) is 36.4 Å². The van der Waals surface area contributed by atoms with E-state index in [9.17, 15) is 14.4 Å². The summed E-state index contributed by atoms with van der Waals surface area (Å²) in [5.41, 5.74) is 0.975. The fourth-order valence-corrected chi connectivity index (χ4v) is 2.20. The second-order valence-electron chi connectivity index (χ2n) is 5.50. The number of nitrogens with one attached hydrogen (secondary N) is 1. The van der Waals surface area contributed by atoms with Gasteiger partial charge in [0.25, 0.3) is 0 Å². The first-order valence-corrected chi connectivity index (χ1v) is 7.86. The highest BCUT2D eigenvalue weighted by molar-refractivity contribution is 5.84. The number of carboxylic acid groups (broad SMARTS) is 1. The molecule has 6 nitrogen and oxygen atoms in total. The minimum absolute atomic E-state index is 0.0598. The minimum Gasteiger partial charge on any atom is -0.480 e. The smallest absolute Gasteiger partial charge is 0.326 e. The summed E-state index contributed by atoms with van der Waals surface area (Å²) >= 11 is 0. The Hall–Kier alpha value is -2.63. The van der Waals surface area contributed by atoms with Crippen LogP contribution in [0, 0.1) is 0 Å². The van der Waals surface area contributed by atoms with Crippen LogP contribution in [0.4, 0.5) is 0 Å². The van der Waals surface area contributed by atoms with E-state index in [4.69, 9.17) is 5.11 Å². The molecule has 0 aromatic heterocycles. The molecule has 0 heterocycles. The molecule has 0 radical (unpaired) electrons. The van der Waals surface area contributed by atoms with E-state index in [1.54, 1.807) is 11.0 Å². The lowest BCUT2D eigenvalue weighted by molar-refractivity contribution is -0.142. The van der Waals surface area contributed by atoms with E-state index in [2.05, 4.69) is 11.9 Å². The third-order valence-electron chi connectivity index (χ3n) is 3.56. The molecule has 0 bridgehead atoms. The highest BCUT2D eigenvalue weighted by Gasteiger charge is 2.19. The number of amides is 2. The molecule has 1 rings (SSSR count). The van der Waals surface area contributed by atoms with Gasteiger partial charge in [-0.2, -0.15) is 0 Å². The Morgan fingerprint density at radius 3 is 2.50 bits per heavy atom. The lowest BCUT2D eigenvalue weighted by Crippen LogP contribution is -2.42. The van der Waals surface area contributed by atoms with Crippen molar-refractivity contribution in [3.05, 3.63) is 48.6 Å². The Kier molecular flexibility index (Phi) is 8.25. The number of hydrogen-bond acceptors (Lipinski definition) is 3. The topological polar surface area (TPSA) is 86.7 Å². The third kappa shape index (κ3) is 7.09. The molecule has 2 amide bonds. The van der Waals surface area contributed by atoms with Crippen molar-refractivity contribution >= 4 is 17.8 Å². The summed E-state index contributed by atoms with van der Waals surface area (Å²) in [5.74, 6) is -1.59. The lowest BCUT2D eigenvalue weighted by Gasteiger charge is -2.21. The summed E-state index contributed by atoms with van der Waals surface area (Å²) in [6.07, 6.45) is 2.47. The van der Waals surface area contributed by atoms with Gasteiger partial charge in [0.2, 0.25) is 11.8 Å². The molecule has 2 N–H and O–H groups in total. The zero-order valence-corrected chi connectivity index (χ0v) is 13.9. The molecule has 1 unspecified atom stereocenters. The van der Waals surface area contributed by atoms with Gasteiger partial charge in [-0.25, -0.2) is 4.79 Å². The van der Waals surface area contributed by atoms with E-state index < -0.39 is 12.0 Å². The fraction of sp³-hybridized carbons (Fsp3) is 0.389. The average molecular weight is 332 g/mol. The van der Waals surface area contributed by atoms with Gasteiger partial charge in [0, 0.05) is 26.4 Å². The summed E-state index contributed by atoms with van der Waals surface area (Å²) in [6.45, 7) is 5.65. The van der Waals surface area contributed by atoms with Crippen LogP contribution >= 0.6 is 0 Å². The van der Waals surface area contributed by atoms with Crippen LogP contribution in [0.3, 0.4) is 0 Å². The van der Waals surface area contributed by atoms with Crippen molar-refractivity contribution in [3.63, 3.8) is 0 Å². The van der Waals surface area contributed by atoms with Crippen molar-refractivity contribution in [2.24, 2.45) is 0 Å². The summed E-state index contributed by atoms with van der Waals surface area (Å²) in [4.78, 5) is 36.4. The maximum Gasteiger partial charge on any atom is 0.326 e. The van der Waals surface area contributed by atoms with Crippen molar-refractivity contribution in [1.82, 2.24) is 10.2 Å². The summed E-state index contributed by atoms with van der Waals surface area (Å²) in [5, 5.41) is 11.6. The van der Waals surface area contributed by atoms with Crippen LogP contribution in [0.15, 0.2) is 43.0 Å². The minimum atomic E-state index is -1.07. The van der Waals surface area contributed by atoms with Crippen LogP contribution in [0.1, 0.15) is 31.7 Å². The molecule has 1 aromatic carbocycles. The summed E-state index contributed by atoms with van der Waals surface area (Å²) in [6, 6.07) is 8.55. The lowest BCUT2D eigenvalue weighted by atomic mass is 10.1. The number of allylic oxidation sites excluding steroid dienone is 1. The molecule has 0 spiro atoms. The van der Waals surface area contributed by atoms with E-state index in [0.29, 0.717) is 19.4 Å². The number of benzene rings is 1. The maximum absolute atomic E-state index is 12.0. The molecule has 24 heavy (non-hydrogen) atoms. The number of carboxylic acids is 1. The highest BCUT2D eigenvalue weighted by atomic mass is 16.4. The zero-order valence-electron chi connectivity index (χ0n) is 13.9. The number of carbonyl (C=O) groups excluding carboxylic acids is 2. The van der Waals surface area contributed by atoms with Crippen LogP contribution in [-0.4, -0.2) is 40.4 Å². The molecule has 0 aliphatic heterocycles.